The summed E-state index contributed by atoms with van der Waals surface area (Å²) in [6, 6.07) is 6.02. The molecular formula is C16H18N2O5. The van der Waals surface area contributed by atoms with Crippen molar-refractivity contribution in [2.24, 2.45) is 5.92 Å². The molecule has 1 heterocycles. The summed E-state index contributed by atoms with van der Waals surface area (Å²) in [6.45, 7) is 3.59. The van der Waals surface area contributed by atoms with E-state index in [-0.39, 0.29) is 24.4 Å². The van der Waals surface area contributed by atoms with Crippen LogP contribution in [0.1, 0.15) is 26.7 Å². The highest BCUT2D eigenvalue weighted by atomic mass is 16.7. The molecule has 7 nitrogen and oxygen atoms in total. The molecule has 0 unspecified atom stereocenters. The molecule has 0 bridgehead atoms. The first-order valence-electron chi connectivity index (χ1n) is 7.40. The average molecular weight is 318 g/mol. The number of pyridine rings is 1. The molecule has 0 amide bonds. The molecule has 0 saturated heterocycles. The fourth-order valence-corrected chi connectivity index (χ4v) is 2.30. The van der Waals surface area contributed by atoms with Gasteiger partial charge in [-0.05, 0) is 31.0 Å². The van der Waals surface area contributed by atoms with E-state index in [0.29, 0.717) is 29.5 Å². The third kappa shape index (κ3) is 3.74. The summed E-state index contributed by atoms with van der Waals surface area (Å²) < 4.78 is 10.5. The van der Waals surface area contributed by atoms with Crippen LogP contribution in [0.4, 0.5) is 5.69 Å². The fraction of sp³-hybridized carbons (Fsp3) is 0.375. The maximum absolute atomic E-state index is 11.8. The number of ether oxygens (including phenoxy) is 2. The van der Waals surface area contributed by atoms with Crippen molar-refractivity contribution in [1.82, 2.24) is 4.98 Å². The highest BCUT2D eigenvalue weighted by Crippen LogP contribution is 2.31. The zero-order valence-corrected chi connectivity index (χ0v) is 13.0. The molecule has 2 rings (SSSR count). The van der Waals surface area contributed by atoms with Crippen LogP contribution in [0.2, 0.25) is 0 Å². The first kappa shape index (κ1) is 16.7. The largest absolute Gasteiger partial charge is 0.455 e. The van der Waals surface area contributed by atoms with Gasteiger partial charge >= 0.3 is 5.97 Å². The zero-order chi connectivity index (χ0) is 16.8. The smallest absolute Gasteiger partial charge is 0.311 e. The van der Waals surface area contributed by atoms with Crippen molar-refractivity contribution in [3.05, 3.63) is 40.6 Å². The molecule has 2 aromatic rings. The number of carbonyl (C=O) groups excluding carboxylic acids is 1. The normalized spacial score (nSPS) is 10.7. The Morgan fingerprint density at radius 3 is 2.70 bits per heavy atom. The Hall–Kier alpha value is -2.70. The minimum atomic E-state index is -0.471. The number of hydrogen-bond donors (Lipinski definition) is 0. The summed E-state index contributed by atoms with van der Waals surface area (Å²) in [6.07, 6.45) is 2.93. The second-order valence-electron chi connectivity index (χ2n) is 4.98. The third-order valence-corrected chi connectivity index (χ3v) is 3.64. The summed E-state index contributed by atoms with van der Waals surface area (Å²) in [5, 5.41) is 11.4. The van der Waals surface area contributed by atoms with Gasteiger partial charge in [0.2, 0.25) is 6.79 Å². The summed E-state index contributed by atoms with van der Waals surface area (Å²) in [5.41, 5.74) is 0.315. The van der Waals surface area contributed by atoms with Crippen molar-refractivity contribution in [2.45, 2.75) is 26.7 Å². The average Bonchev–Trinajstić information content (AvgIpc) is 2.55. The van der Waals surface area contributed by atoms with Gasteiger partial charge in [-0.25, -0.2) is 0 Å². The van der Waals surface area contributed by atoms with E-state index in [1.165, 1.54) is 18.3 Å². The number of nitro benzene ring substituents is 1. The number of aromatic nitrogens is 1. The Labute approximate surface area is 133 Å². The summed E-state index contributed by atoms with van der Waals surface area (Å²) >= 11 is 0. The molecule has 122 valence electrons. The Bertz CT molecular complexity index is 713. The molecular weight excluding hydrogens is 300 g/mol. The van der Waals surface area contributed by atoms with Crippen LogP contribution in [0.25, 0.3) is 10.9 Å². The van der Waals surface area contributed by atoms with Crippen LogP contribution in [0, 0.1) is 16.0 Å². The van der Waals surface area contributed by atoms with E-state index in [2.05, 4.69) is 4.98 Å². The van der Waals surface area contributed by atoms with Crippen LogP contribution in [0.3, 0.4) is 0 Å². The van der Waals surface area contributed by atoms with Crippen molar-refractivity contribution in [3.63, 3.8) is 0 Å². The van der Waals surface area contributed by atoms with Gasteiger partial charge in [-0.2, -0.15) is 0 Å². The molecule has 0 atom stereocenters. The second kappa shape index (κ2) is 7.53. The van der Waals surface area contributed by atoms with E-state index in [9.17, 15) is 14.9 Å². The van der Waals surface area contributed by atoms with Gasteiger partial charge in [0, 0.05) is 12.3 Å². The van der Waals surface area contributed by atoms with Crippen molar-refractivity contribution >= 4 is 22.6 Å². The number of carbonyl (C=O) groups is 1. The Morgan fingerprint density at radius 2 is 2.04 bits per heavy atom. The number of nitrogens with zero attached hydrogens (tertiary/aromatic N) is 2. The third-order valence-electron chi connectivity index (χ3n) is 3.64. The molecule has 7 heteroatoms. The Balaban J connectivity index is 2.14. The predicted octanol–water partition coefficient (Wildman–Crippen LogP) is 3.46. The van der Waals surface area contributed by atoms with E-state index in [1.807, 2.05) is 13.8 Å². The zero-order valence-electron chi connectivity index (χ0n) is 13.0. The number of rotatable bonds is 7. The van der Waals surface area contributed by atoms with E-state index < -0.39 is 4.92 Å². The van der Waals surface area contributed by atoms with Crippen LogP contribution in [0.5, 0.6) is 5.75 Å². The highest BCUT2D eigenvalue weighted by molar-refractivity contribution is 5.92. The van der Waals surface area contributed by atoms with Crippen LogP contribution >= 0.6 is 0 Å². The molecule has 1 aromatic heterocycles. The van der Waals surface area contributed by atoms with Gasteiger partial charge in [0.1, 0.15) is 11.3 Å². The quantitative estimate of drug-likeness (QED) is 0.336. The van der Waals surface area contributed by atoms with Gasteiger partial charge in [-0.1, -0.05) is 13.8 Å². The lowest BCUT2D eigenvalue weighted by Crippen LogP contribution is -2.19. The van der Waals surface area contributed by atoms with E-state index in [1.54, 1.807) is 12.1 Å². The van der Waals surface area contributed by atoms with Crippen molar-refractivity contribution in [2.75, 3.05) is 6.79 Å². The van der Waals surface area contributed by atoms with Crippen molar-refractivity contribution < 1.29 is 19.2 Å². The van der Waals surface area contributed by atoms with Crippen LogP contribution in [-0.4, -0.2) is 22.7 Å². The lowest BCUT2D eigenvalue weighted by Gasteiger charge is -2.13. The predicted molar refractivity (Wildman–Crippen MR) is 84.1 cm³/mol. The molecule has 0 aliphatic heterocycles. The summed E-state index contributed by atoms with van der Waals surface area (Å²) in [5.74, 6) is -0.122. The molecule has 0 saturated carbocycles. The van der Waals surface area contributed by atoms with Gasteiger partial charge in [-0.3, -0.25) is 19.9 Å². The molecule has 0 aliphatic carbocycles. The number of benzene rings is 1. The summed E-state index contributed by atoms with van der Waals surface area (Å²) in [4.78, 5) is 26.5. The molecule has 1 aromatic carbocycles. The number of fused-ring (bicyclic) bond motifs is 1. The second-order valence-corrected chi connectivity index (χ2v) is 4.98. The van der Waals surface area contributed by atoms with Crippen LogP contribution < -0.4 is 4.74 Å². The maximum Gasteiger partial charge on any atom is 0.311 e. The SMILES string of the molecule is CCC(CC)C(=O)OCOc1ccc([N+](=O)[O-])c2cccnc12. The molecule has 0 aliphatic rings. The molecule has 0 spiro atoms. The minimum Gasteiger partial charge on any atom is -0.455 e. The van der Waals surface area contributed by atoms with E-state index in [0.717, 1.165) is 0 Å². The Morgan fingerprint density at radius 1 is 1.30 bits per heavy atom. The summed E-state index contributed by atoms with van der Waals surface area (Å²) in [7, 11) is 0. The lowest BCUT2D eigenvalue weighted by molar-refractivity contribution is -0.383. The first-order valence-corrected chi connectivity index (χ1v) is 7.40. The van der Waals surface area contributed by atoms with E-state index >= 15 is 0 Å². The Kier molecular flexibility index (Phi) is 5.46. The van der Waals surface area contributed by atoms with Crippen LogP contribution in [0.15, 0.2) is 30.5 Å². The minimum absolute atomic E-state index is 0.0468. The van der Waals surface area contributed by atoms with Crippen molar-refractivity contribution in [3.8, 4) is 5.75 Å². The number of esters is 1. The van der Waals surface area contributed by atoms with Gasteiger partial charge in [0.15, 0.2) is 0 Å². The lowest BCUT2D eigenvalue weighted by atomic mass is 10.0. The van der Waals surface area contributed by atoms with Gasteiger partial charge in [0.05, 0.1) is 16.2 Å². The number of non-ortho nitro benzene ring substituents is 1. The molecule has 0 N–H and O–H groups in total. The molecule has 23 heavy (non-hydrogen) atoms. The van der Waals surface area contributed by atoms with Gasteiger partial charge in [0.25, 0.3) is 5.69 Å². The van der Waals surface area contributed by atoms with Crippen molar-refractivity contribution in [1.29, 1.82) is 0 Å². The number of nitro groups is 1. The fourth-order valence-electron chi connectivity index (χ4n) is 2.30. The van der Waals surface area contributed by atoms with Gasteiger partial charge in [-0.15, -0.1) is 0 Å². The van der Waals surface area contributed by atoms with Gasteiger partial charge < -0.3 is 9.47 Å². The maximum atomic E-state index is 11.8. The van der Waals surface area contributed by atoms with E-state index in [4.69, 9.17) is 9.47 Å². The standard InChI is InChI=1S/C16H18N2O5/c1-3-11(4-2)16(19)23-10-22-14-8-7-13(18(20)21)12-6-5-9-17-15(12)14/h5-9,11H,3-4,10H2,1-2H3. The van der Waals surface area contributed by atoms with Crippen LogP contribution in [-0.2, 0) is 9.53 Å². The monoisotopic (exact) mass is 318 g/mol. The molecule has 0 radical (unpaired) electrons. The molecule has 0 fully saturated rings. The first-order chi connectivity index (χ1) is 11.1. The topological polar surface area (TPSA) is 91.6 Å². The highest BCUT2D eigenvalue weighted by Gasteiger charge is 2.18. The number of hydrogen-bond acceptors (Lipinski definition) is 6.